The molecule has 6 heteroatoms. The average Bonchev–Trinajstić information content (AvgIpc) is 3.17. The second kappa shape index (κ2) is 8.37. The van der Waals surface area contributed by atoms with E-state index in [2.05, 4.69) is 59.9 Å². The number of hydrogen-bond acceptors (Lipinski definition) is 4. The molecule has 0 radical (unpaired) electrons. The summed E-state index contributed by atoms with van der Waals surface area (Å²) in [6.07, 6.45) is 3.02. The predicted octanol–water partition coefficient (Wildman–Crippen LogP) is 5.61. The van der Waals surface area contributed by atoms with Crippen LogP contribution in [0.3, 0.4) is 0 Å². The maximum Gasteiger partial charge on any atom is 0.247 e. The molecule has 2 heterocycles. The van der Waals surface area contributed by atoms with Gasteiger partial charge < -0.3 is 10.6 Å². The molecule has 4 aromatic rings. The van der Waals surface area contributed by atoms with E-state index in [1.807, 2.05) is 36.5 Å². The predicted molar refractivity (Wildman–Crippen MR) is 121 cm³/mol. The summed E-state index contributed by atoms with van der Waals surface area (Å²) in [4.78, 5) is 15.9. The van der Waals surface area contributed by atoms with Gasteiger partial charge in [0.05, 0.1) is 0 Å². The SMILES string of the molecule is CCC(C)c1ccc(-c2cccn3nc(Nc4ccc(NC(C)=O)cc4)nc23)cc1. The van der Waals surface area contributed by atoms with Crippen molar-refractivity contribution < 1.29 is 4.79 Å². The van der Waals surface area contributed by atoms with Crippen LogP contribution in [0.1, 0.15) is 38.7 Å². The highest BCUT2D eigenvalue weighted by molar-refractivity contribution is 5.88. The Morgan fingerprint density at radius 1 is 1.03 bits per heavy atom. The molecular weight excluding hydrogens is 374 g/mol. The zero-order chi connectivity index (χ0) is 21.1. The van der Waals surface area contributed by atoms with Crippen molar-refractivity contribution in [3.8, 4) is 11.1 Å². The summed E-state index contributed by atoms with van der Waals surface area (Å²) in [7, 11) is 0. The molecule has 0 spiro atoms. The van der Waals surface area contributed by atoms with Gasteiger partial charge in [0.25, 0.3) is 0 Å². The van der Waals surface area contributed by atoms with Crippen LogP contribution in [-0.2, 0) is 4.79 Å². The Hall–Kier alpha value is -3.67. The quantitative estimate of drug-likeness (QED) is 0.442. The summed E-state index contributed by atoms with van der Waals surface area (Å²) in [6, 6.07) is 20.2. The first-order valence-corrected chi connectivity index (χ1v) is 10.1. The molecule has 30 heavy (non-hydrogen) atoms. The molecule has 0 saturated carbocycles. The van der Waals surface area contributed by atoms with Gasteiger partial charge in [-0.25, -0.2) is 4.52 Å². The van der Waals surface area contributed by atoms with Crippen LogP contribution in [0.4, 0.5) is 17.3 Å². The molecule has 0 aliphatic heterocycles. The number of carbonyl (C=O) groups is 1. The smallest absolute Gasteiger partial charge is 0.247 e. The van der Waals surface area contributed by atoms with Crippen LogP contribution in [0.2, 0.25) is 0 Å². The van der Waals surface area contributed by atoms with Gasteiger partial charge in [0.1, 0.15) is 0 Å². The summed E-state index contributed by atoms with van der Waals surface area (Å²) < 4.78 is 1.78. The molecule has 0 aliphatic carbocycles. The molecule has 0 fully saturated rings. The van der Waals surface area contributed by atoms with E-state index in [1.54, 1.807) is 4.52 Å². The zero-order valence-electron chi connectivity index (χ0n) is 17.4. The third-order valence-corrected chi connectivity index (χ3v) is 5.23. The largest absolute Gasteiger partial charge is 0.326 e. The van der Waals surface area contributed by atoms with Crippen molar-refractivity contribution in [1.29, 1.82) is 0 Å². The van der Waals surface area contributed by atoms with E-state index in [-0.39, 0.29) is 5.91 Å². The molecule has 0 bridgehead atoms. The topological polar surface area (TPSA) is 71.3 Å². The molecule has 2 aromatic carbocycles. The second-order valence-electron chi connectivity index (χ2n) is 7.44. The second-order valence-corrected chi connectivity index (χ2v) is 7.44. The molecule has 152 valence electrons. The first-order valence-electron chi connectivity index (χ1n) is 10.1. The Morgan fingerprint density at radius 3 is 2.40 bits per heavy atom. The van der Waals surface area contributed by atoms with Crippen molar-refractivity contribution in [3.63, 3.8) is 0 Å². The molecule has 2 aromatic heterocycles. The number of rotatable bonds is 6. The number of nitrogens with zero attached hydrogens (tertiary/aromatic N) is 3. The Morgan fingerprint density at radius 2 is 1.73 bits per heavy atom. The Labute approximate surface area is 176 Å². The molecule has 4 rings (SSSR count). The number of anilines is 3. The van der Waals surface area contributed by atoms with Crippen molar-refractivity contribution in [3.05, 3.63) is 72.4 Å². The van der Waals surface area contributed by atoms with Crippen molar-refractivity contribution in [1.82, 2.24) is 14.6 Å². The van der Waals surface area contributed by atoms with E-state index in [0.717, 1.165) is 34.6 Å². The first-order chi connectivity index (χ1) is 14.5. The minimum atomic E-state index is -0.0950. The number of benzene rings is 2. The molecule has 1 amide bonds. The average molecular weight is 399 g/mol. The van der Waals surface area contributed by atoms with Gasteiger partial charge in [0.15, 0.2) is 5.65 Å². The molecule has 1 atom stereocenters. The van der Waals surface area contributed by atoms with Crippen molar-refractivity contribution in [2.75, 3.05) is 10.6 Å². The lowest BCUT2D eigenvalue weighted by Crippen LogP contribution is -2.05. The fourth-order valence-electron chi connectivity index (χ4n) is 3.38. The van der Waals surface area contributed by atoms with Crippen LogP contribution in [-0.4, -0.2) is 20.5 Å². The first kappa shape index (κ1) is 19.6. The minimum Gasteiger partial charge on any atom is -0.326 e. The van der Waals surface area contributed by atoms with Crippen molar-refractivity contribution >= 4 is 28.9 Å². The maximum absolute atomic E-state index is 11.2. The maximum atomic E-state index is 11.2. The standard InChI is InChI=1S/C24H25N5O/c1-4-16(2)18-7-9-19(10-8-18)22-6-5-15-29-23(22)27-24(28-29)26-21-13-11-20(12-14-21)25-17(3)30/h5-16H,4H2,1-3H3,(H,25,30)(H,26,28). The Balaban J connectivity index is 1.60. The number of pyridine rings is 1. The molecule has 1 unspecified atom stereocenters. The van der Waals surface area contributed by atoms with Gasteiger partial charge in [-0.2, -0.15) is 4.98 Å². The Bertz CT molecular complexity index is 1160. The molecular formula is C24H25N5O. The summed E-state index contributed by atoms with van der Waals surface area (Å²) in [5.41, 5.74) is 5.89. The number of hydrogen-bond donors (Lipinski definition) is 2. The van der Waals surface area contributed by atoms with Gasteiger partial charge >= 0.3 is 0 Å². The van der Waals surface area contributed by atoms with Crippen LogP contribution in [0.15, 0.2) is 66.9 Å². The fraction of sp³-hybridized carbons (Fsp3) is 0.208. The summed E-state index contributed by atoms with van der Waals surface area (Å²) >= 11 is 0. The third-order valence-electron chi connectivity index (χ3n) is 5.23. The normalized spacial score (nSPS) is 12.0. The van der Waals surface area contributed by atoms with E-state index in [1.165, 1.54) is 12.5 Å². The number of amides is 1. The van der Waals surface area contributed by atoms with Crippen LogP contribution < -0.4 is 10.6 Å². The lowest BCUT2D eigenvalue weighted by Gasteiger charge is -2.10. The summed E-state index contributed by atoms with van der Waals surface area (Å²) in [5.74, 6) is 0.976. The molecule has 6 nitrogen and oxygen atoms in total. The minimum absolute atomic E-state index is 0.0950. The Kier molecular flexibility index (Phi) is 5.48. The van der Waals surface area contributed by atoms with Gasteiger partial charge in [-0.05, 0) is 59.9 Å². The molecule has 0 saturated heterocycles. The monoisotopic (exact) mass is 399 g/mol. The van der Waals surface area contributed by atoms with E-state index < -0.39 is 0 Å². The highest BCUT2D eigenvalue weighted by Gasteiger charge is 2.11. The van der Waals surface area contributed by atoms with Gasteiger partial charge in [0.2, 0.25) is 11.9 Å². The van der Waals surface area contributed by atoms with Gasteiger partial charge in [-0.3, -0.25) is 4.79 Å². The van der Waals surface area contributed by atoms with Crippen molar-refractivity contribution in [2.24, 2.45) is 0 Å². The van der Waals surface area contributed by atoms with Crippen LogP contribution in [0.25, 0.3) is 16.8 Å². The summed E-state index contributed by atoms with van der Waals surface area (Å²) in [5, 5.41) is 10.5. The highest BCUT2D eigenvalue weighted by Crippen LogP contribution is 2.27. The number of carbonyl (C=O) groups excluding carboxylic acids is 1. The fourth-order valence-corrected chi connectivity index (χ4v) is 3.38. The van der Waals surface area contributed by atoms with Gasteiger partial charge in [0, 0.05) is 30.1 Å². The number of fused-ring (bicyclic) bond motifs is 1. The van der Waals surface area contributed by atoms with E-state index in [4.69, 9.17) is 4.98 Å². The van der Waals surface area contributed by atoms with E-state index in [9.17, 15) is 4.79 Å². The van der Waals surface area contributed by atoms with Gasteiger partial charge in [-0.1, -0.05) is 38.1 Å². The zero-order valence-corrected chi connectivity index (χ0v) is 17.4. The van der Waals surface area contributed by atoms with Crippen molar-refractivity contribution in [2.45, 2.75) is 33.1 Å². The third kappa shape index (κ3) is 4.17. The molecule has 2 N–H and O–H groups in total. The van der Waals surface area contributed by atoms with Crippen LogP contribution in [0.5, 0.6) is 0 Å². The highest BCUT2D eigenvalue weighted by atomic mass is 16.1. The number of nitrogens with one attached hydrogen (secondary N) is 2. The van der Waals surface area contributed by atoms with E-state index >= 15 is 0 Å². The summed E-state index contributed by atoms with van der Waals surface area (Å²) in [6.45, 7) is 5.94. The molecule has 0 aliphatic rings. The van der Waals surface area contributed by atoms with Gasteiger partial charge in [-0.15, -0.1) is 5.10 Å². The number of aromatic nitrogens is 3. The lowest BCUT2D eigenvalue weighted by atomic mass is 9.96. The van der Waals surface area contributed by atoms with Crippen LogP contribution >= 0.6 is 0 Å². The lowest BCUT2D eigenvalue weighted by molar-refractivity contribution is -0.114. The van der Waals surface area contributed by atoms with E-state index in [0.29, 0.717) is 11.9 Å². The van der Waals surface area contributed by atoms with Crippen LogP contribution in [0, 0.1) is 0 Å².